The Bertz CT molecular complexity index is 321. The van der Waals surface area contributed by atoms with Crippen molar-refractivity contribution in [3.63, 3.8) is 0 Å². The Kier molecular flexibility index (Phi) is 3.88. The van der Waals surface area contributed by atoms with Gasteiger partial charge in [0.25, 0.3) is 0 Å². The van der Waals surface area contributed by atoms with E-state index in [0.717, 1.165) is 23.5 Å². The standard InChI is InChI=1S/C11H17F2N3/c12-11(13)16-7-6-15-10(16)8-14-5-1-2-9-3-4-9/h6-7,9,11,14H,1-5,8H2. The summed E-state index contributed by atoms with van der Waals surface area (Å²) in [5.41, 5.74) is 0. The molecule has 1 aromatic heterocycles. The molecule has 16 heavy (non-hydrogen) atoms. The summed E-state index contributed by atoms with van der Waals surface area (Å²) in [7, 11) is 0. The van der Waals surface area contributed by atoms with Gasteiger partial charge in [-0.2, -0.15) is 8.78 Å². The molecule has 1 saturated carbocycles. The molecular formula is C11H17F2N3. The Morgan fingerprint density at radius 2 is 2.31 bits per heavy atom. The molecule has 3 nitrogen and oxygen atoms in total. The minimum Gasteiger partial charge on any atom is -0.310 e. The van der Waals surface area contributed by atoms with Gasteiger partial charge in [0, 0.05) is 12.4 Å². The molecule has 5 heteroatoms. The van der Waals surface area contributed by atoms with Crippen LogP contribution in [0.15, 0.2) is 12.4 Å². The maximum atomic E-state index is 12.4. The van der Waals surface area contributed by atoms with Crippen LogP contribution < -0.4 is 5.32 Å². The molecule has 0 saturated heterocycles. The van der Waals surface area contributed by atoms with Gasteiger partial charge in [-0.3, -0.25) is 4.57 Å². The summed E-state index contributed by atoms with van der Waals surface area (Å²) in [5, 5.41) is 3.15. The van der Waals surface area contributed by atoms with Crippen molar-refractivity contribution in [2.24, 2.45) is 5.92 Å². The van der Waals surface area contributed by atoms with E-state index in [0.29, 0.717) is 12.4 Å². The fourth-order valence-electron chi connectivity index (χ4n) is 1.78. The molecule has 0 aliphatic heterocycles. The molecule has 0 unspecified atom stereocenters. The number of imidazole rings is 1. The van der Waals surface area contributed by atoms with Crippen LogP contribution in [0.2, 0.25) is 0 Å². The first kappa shape index (κ1) is 11.5. The highest BCUT2D eigenvalue weighted by Crippen LogP contribution is 2.33. The highest BCUT2D eigenvalue weighted by molar-refractivity contribution is 4.92. The lowest BCUT2D eigenvalue weighted by Gasteiger charge is -2.07. The number of rotatable bonds is 7. The number of nitrogens with one attached hydrogen (secondary N) is 1. The molecule has 90 valence electrons. The van der Waals surface area contributed by atoms with Crippen molar-refractivity contribution < 1.29 is 8.78 Å². The molecule has 0 aromatic carbocycles. The van der Waals surface area contributed by atoms with Crippen molar-refractivity contribution in [1.82, 2.24) is 14.9 Å². The number of hydrogen-bond acceptors (Lipinski definition) is 2. The second-order valence-electron chi connectivity index (χ2n) is 4.29. The van der Waals surface area contributed by atoms with E-state index in [-0.39, 0.29) is 0 Å². The SMILES string of the molecule is FC(F)n1ccnc1CNCCCC1CC1. The average molecular weight is 229 g/mol. The zero-order valence-electron chi connectivity index (χ0n) is 9.20. The van der Waals surface area contributed by atoms with E-state index >= 15 is 0 Å². The van der Waals surface area contributed by atoms with Gasteiger partial charge in [-0.15, -0.1) is 0 Å². The van der Waals surface area contributed by atoms with Crippen molar-refractivity contribution in [2.45, 2.75) is 38.8 Å². The Labute approximate surface area is 93.9 Å². The van der Waals surface area contributed by atoms with Gasteiger partial charge in [-0.1, -0.05) is 12.8 Å². The lowest BCUT2D eigenvalue weighted by molar-refractivity contribution is 0.0666. The molecule has 0 atom stereocenters. The van der Waals surface area contributed by atoms with Crippen LogP contribution in [0.25, 0.3) is 0 Å². The second kappa shape index (κ2) is 5.39. The molecular weight excluding hydrogens is 212 g/mol. The lowest BCUT2D eigenvalue weighted by atomic mass is 10.2. The van der Waals surface area contributed by atoms with Gasteiger partial charge < -0.3 is 5.32 Å². The van der Waals surface area contributed by atoms with Gasteiger partial charge in [-0.25, -0.2) is 4.98 Å². The van der Waals surface area contributed by atoms with Gasteiger partial charge in [0.2, 0.25) is 0 Å². The van der Waals surface area contributed by atoms with Crippen LogP contribution in [0.4, 0.5) is 8.78 Å². The summed E-state index contributed by atoms with van der Waals surface area (Å²) in [6.07, 6.45) is 7.85. The summed E-state index contributed by atoms with van der Waals surface area (Å²) < 4.78 is 25.8. The molecule has 1 fully saturated rings. The molecule has 1 N–H and O–H groups in total. The van der Waals surface area contributed by atoms with Crippen molar-refractivity contribution in [3.05, 3.63) is 18.2 Å². The number of alkyl halides is 2. The number of halogens is 2. The van der Waals surface area contributed by atoms with Gasteiger partial charge >= 0.3 is 6.55 Å². The van der Waals surface area contributed by atoms with E-state index in [9.17, 15) is 8.78 Å². The number of nitrogens with zero attached hydrogens (tertiary/aromatic N) is 2. The molecule has 0 spiro atoms. The maximum absolute atomic E-state index is 12.4. The lowest BCUT2D eigenvalue weighted by Crippen LogP contribution is -2.18. The first-order valence-electron chi connectivity index (χ1n) is 5.78. The topological polar surface area (TPSA) is 29.9 Å². The highest BCUT2D eigenvalue weighted by atomic mass is 19.3. The smallest absolute Gasteiger partial charge is 0.310 e. The van der Waals surface area contributed by atoms with Crippen LogP contribution >= 0.6 is 0 Å². The first-order chi connectivity index (χ1) is 7.77. The van der Waals surface area contributed by atoms with Gasteiger partial charge in [0.05, 0.1) is 6.54 Å². The van der Waals surface area contributed by atoms with Crippen LogP contribution in [0.5, 0.6) is 0 Å². The highest BCUT2D eigenvalue weighted by Gasteiger charge is 2.19. The van der Waals surface area contributed by atoms with Gasteiger partial charge in [0.1, 0.15) is 5.82 Å². The molecule has 1 aliphatic rings. The third-order valence-electron chi connectivity index (χ3n) is 2.91. The third kappa shape index (κ3) is 3.27. The summed E-state index contributed by atoms with van der Waals surface area (Å²) in [6.45, 7) is -1.19. The Morgan fingerprint density at radius 1 is 1.50 bits per heavy atom. The second-order valence-corrected chi connectivity index (χ2v) is 4.29. The number of aromatic nitrogens is 2. The van der Waals surface area contributed by atoms with Crippen LogP contribution in [0, 0.1) is 5.92 Å². The number of hydrogen-bond donors (Lipinski definition) is 1. The first-order valence-corrected chi connectivity index (χ1v) is 5.78. The Hall–Kier alpha value is -0.970. The van der Waals surface area contributed by atoms with Crippen molar-refractivity contribution in [3.8, 4) is 0 Å². The fourth-order valence-corrected chi connectivity index (χ4v) is 1.78. The molecule has 0 amide bonds. The molecule has 0 bridgehead atoms. The maximum Gasteiger partial charge on any atom is 0.319 e. The summed E-state index contributed by atoms with van der Waals surface area (Å²) in [6, 6.07) is 0. The van der Waals surface area contributed by atoms with E-state index in [2.05, 4.69) is 10.3 Å². The Morgan fingerprint density at radius 3 is 3.00 bits per heavy atom. The molecule has 2 rings (SSSR count). The van der Waals surface area contributed by atoms with Crippen LogP contribution in [-0.4, -0.2) is 16.1 Å². The predicted octanol–water partition coefficient (Wildman–Crippen LogP) is 2.56. The monoisotopic (exact) mass is 229 g/mol. The van der Waals surface area contributed by atoms with E-state index in [1.165, 1.54) is 31.7 Å². The van der Waals surface area contributed by atoms with E-state index in [4.69, 9.17) is 0 Å². The minimum absolute atomic E-state index is 0.404. The molecule has 1 aromatic rings. The van der Waals surface area contributed by atoms with E-state index < -0.39 is 6.55 Å². The zero-order chi connectivity index (χ0) is 11.4. The normalized spacial score (nSPS) is 15.9. The van der Waals surface area contributed by atoms with Gasteiger partial charge in [-0.05, 0) is 25.3 Å². The minimum atomic E-state index is -2.49. The van der Waals surface area contributed by atoms with Crippen LogP contribution in [0.1, 0.15) is 38.1 Å². The van der Waals surface area contributed by atoms with Crippen molar-refractivity contribution in [2.75, 3.05) is 6.54 Å². The van der Waals surface area contributed by atoms with Crippen LogP contribution in [0.3, 0.4) is 0 Å². The van der Waals surface area contributed by atoms with Crippen molar-refractivity contribution >= 4 is 0 Å². The quantitative estimate of drug-likeness (QED) is 0.728. The third-order valence-corrected chi connectivity index (χ3v) is 2.91. The average Bonchev–Trinajstić information content (AvgIpc) is 2.94. The van der Waals surface area contributed by atoms with E-state index in [1.807, 2.05) is 0 Å². The molecule has 1 heterocycles. The largest absolute Gasteiger partial charge is 0.319 e. The Balaban J connectivity index is 1.65. The summed E-state index contributed by atoms with van der Waals surface area (Å²) in [5.74, 6) is 1.34. The fraction of sp³-hybridized carbons (Fsp3) is 0.727. The van der Waals surface area contributed by atoms with Crippen LogP contribution in [-0.2, 0) is 6.54 Å². The van der Waals surface area contributed by atoms with E-state index in [1.54, 1.807) is 0 Å². The predicted molar refractivity (Wildman–Crippen MR) is 57.1 cm³/mol. The van der Waals surface area contributed by atoms with Crippen molar-refractivity contribution in [1.29, 1.82) is 0 Å². The summed E-state index contributed by atoms with van der Waals surface area (Å²) in [4.78, 5) is 3.90. The zero-order valence-corrected chi connectivity index (χ0v) is 9.20. The van der Waals surface area contributed by atoms with Gasteiger partial charge in [0.15, 0.2) is 0 Å². The summed E-state index contributed by atoms with van der Waals surface area (Å²) >= 11 is 0. The molecule has 1 aliphatic carbocycles. The molecule has 0 radical (unpaired) electrons.